The maximum Gasteiger partial charge on any atom is 0.124 e. The summed E-state index contributed by atoms with van der Waals surface area (Å²) in [4.78, 5) is 0. The molecule has 0 aliphatic carbocycles. The Labute approximate surface area is 105 Å². The number of aliphatic hydroxyl groups excluding tert-OH is 1. The van der Waals surface area contributed by atoms with Gasteiger partial charge in [-0.05, 0) is 30.0 Å². The summed E-state index contributed by atoms with van der Waals surface area (Å²) in [5.74, 6) is -0.0112. The second-order valence-corrected chi connectivity index (χ2v) is 5.02. The van der Waals surface area contributed by atoms with Gasteiger partial charge in [-0.3, -0.25) is 0 Å². The Morgan fingerprint density at radius 1 is 1.59 bits per heavy atom. The summed E-state index contributed by atoms with van der Waals surface area (Å²) >= 11 is 5.92. The van der Waals surface area contributed by atoms with Crippen LogP contribution in [0.3, 0.4) is 0 Å². The van der Waals surface area contributed by atoms with Crippen molar-refractivity contribution < 1.29 is 14.2 Å². The molecule has 1 aliphatic rings. The molecule has 2 nitrogen and oxygen atoms in total. The fraction of sp³-hybridized carbons (Fsp3) is 0.538. The lowest BCUT2D eigenvalue weighted by molar-refractivity contribution is -0.0157. The first-order valence-corrected chi connectivity index (χ1v) is 6.19. The number of halogens is 2. The monoisotopic (exact) mass is 258 g/mol. The predicted octanol–water partition coefficient (Wildman–Crippen LogP) is 2.81. The first-order chi connectivity index (χ1) is 8.08. The van der Waals surface area contributed by atoms with Crippen molar-refractivity contribution >= 4 is 11.6 Å². The maximum absolute atomic E-state index is 12.9. The second kappa shape index (κ2) is 5.34. The highest BCUT2D eigenvalue weighted by molar-refractivity contribution is 6.31. The Hall–Kier alpha value is -0.640. The minimum Gasteiger partial charge on any atom is -0.390 e. The van der Waals surface area contributed by atoms with E-state index in [9.17, 15) is 9.50 Å². The number of aliphatic hydroxyl groups is 1. The van der Waals surface area contributed by atoms with Gasteiger partial charge in [0.05, 0.1) is 12.2 Å². The molecule has 0 aromatic heterocycles. The van der Waals surface area contributed by atoms with E-state index in [0.29, 0.717) is 24.0 Å². The average molecular weight is 259 g/mol. The molecule has 0 radical (unpaired) electrons. The van der Waals surface area contributed by atoms with Crippen LogP contribution in [-0.2, 0) is 11.2 Å². The highest BCUT2D eigenvalue weighted by atomic mass is 35.5. The molecule has 1 fully saturated rings. The van der Waals surface area contributed by atoms with Crippen LogP contribution >= 0.6 is 11.6 Å². The summed E-state index contributed by atoms with van der Waals surface area (Å²) in [7, 11) is 0. The van der Waals surface area contributed by atoms with Crippen molar-refractivity contribution in [3.63, 3.8) is 0 Å². The quantitative estimate of drug-likeness (QED) is 0.903. The van der Waals surface area contributed by atoms with E-state index in [4.69, 9.17) is 16.3 Å². The van der Waals surface area contributed by atoms with Gasteiger partial charge >= 0.3 is 0 Å². The topological polar surface area (TPSA) is 29.5 Å². The first kappa shape index (κ1) is 12.8. The normalized spacial score (nSPS) is 26.1. The highest BCUT2D eigenvalue weighted by Gasteiger charge is 2.31. The number of hydrogen-bond donors (Lipinski definition) is 1. The van der Waals surface area contributed by atoms with Gasteiger partial charge in [0.1, 0.15) is 5.82 Å². The Bertz CT molecular complexity index is 397. The van der Waals surface area contributed by atoms with E-state index in [2.05, 4.69) is 6.92 Å². The van der Waals surface area contributed by atoms with Gasteiger partial charge in [0.15, 0.2) is 0 Å². The molecule has 17 heavy (non-hydrogen) atoms. The van der Waals surface area contributed by atoms with Gasteiger partial charge < -0.3 is 9.84 Å². The van der Waals surface area contributed by atoms with E-state index < -0.39 is 6.10 Å². The van der Waals surface area contributed by atoms with E-state index in [1.165, 1.54) is 12.1 Å². The minimum atomic E-state index is -0.588. The summed E-state index contributed by atoms with van der Waals surface area (Å²) in [6.45, 7) is 2.76. The molecule has 1 aromatic rings. The Balaban J connectivity index is 2.04. The van der Waals surface area contributed by atoms with Crippen molar-refractivity contribution in [1.82, 2.24) is 0 Å². The highest BCUT2D eigenvalue weighted by Crippen LogP contribution is 2.26. The van der Waals surface area contributed by atoms with Gasteiger partial charge in [-0.15, -0.1) is 0 Å². The molecule has 0 spiro atoms. The predicted molar refractivity (Wildman–Crippen MR) is 64.6 cm³/mol. The summed E-state index contributed by atoms with van der Waals surface area (Å²) in [6, 6.07) is 4.23. The standard InChI is InChI=1S/C13H16ClFO2/c1-8-4-5-17-13(8)12(16)6-9-2-3-10(15)7-11(9)14/h2-3,7-8,12-13,16H,4-6H2,1H3. The fourth-order valence-corrected chi connectivity index (χ4v) is 2.48. The molecule has 1 heterocycles. The van der Waals surface area contributed by atoms with Crippen LogP contribution < -0.4 is 0 Å². The Kier molecular flexibility index (Phi) is 4.02. The fourth-order valence-electron chi connectivity index (χ4n) is 2.24. The van der Waals surface area contributed by atoms with Crippen molar-refractivity contribution in [2.75, 3.05) is 6.61 Å². The largest absolute Gasteiger partial charge is 0.390 e. The third kappa shape index (κ3) is 2.97. The summed E-state index contributed by atoms with van der Waals surface area (Å²) in [6.07, 6.45) is 0.638. The molecule has 1 saturated heterocycles. The van der Waals surface area contributed by atoms with Crippen LogP contribution in [0, 0.1) is 11.7 Å². The first-order valence-electron chi connectivity index (χ1n) is 5.81. The van der Waals surface area contributed by atoms with Crippen LogP contribution in [0.2, 0.25) is 5.02 Å². The number of rotatable bonds is 3. The Morgan fingerprint density at radius 2 is 2.35 bits per heavy atom. The van der Waals surface area contributed by atoms with Crippen molar-refractivity contribution in [2.24, 2.45) is 5.92 Å². The molecular formula is C13H16ClFO2. The zero-order valence-electron chi connectivity index (χ0n) is 9.70. The molecule has 3 atom stereocenters. The van der Waals surface area contributed by atoms with Crippen LogP contribution in [-0.4, -0.2) is 23.9 Å². The van der Waals surface area contributed by atoms with Crippen LogP contribution in [0.25, 0.3) is 0 Å². The van der Waals surface area contributed by atoms with E-state index in [0.717, 1.165) is 12.0 Å². The Morgan fingerprint density at radius 3 is 2.94 bits per heavy atom. The van der Waals surface area contributed by atoms with Crippen molar-refractivity contribution in [2.45, 2.75) is 32.0 Å². The molecular weight excluding hydrogens is 243 g/mol. The SMILES string of the molecule is CC1CCOC1C(O)Cc1ccc(F)cc1Cl. The molecule has 2 rings (SSSR count). The lowest BCUT2D eigenvalue weighted by Crippen LogP contribution is -2.31. The van der Waals surface area contributed by atoms with Gasteiger partial charge in [0.25, 0.3) is 0 Å². The minimum absolute atomic E-state index is 0.142. The van der Waals surface area contributed by atoms with Crippen molar-refractivity contribution in [3.05, 3.63) is 34.6 Å². The molecule has 0 bridgehead atoms. The van der Waals surface area contributed by atoms with E-state index >= 15 is 0 Å². The average Bonchev–Trinajstić information content (AvgIpc) is 2.68. The molecule has 1 aliphatic heterocycles. The van der Waals surface area contributed by atoms with Gasteiger partial charge in [0.2, 0.25) is 0 Å². The van der Waals surface area contributed by atoms with Crippen molar-refractivity contribution in [1.29, 1.82) is 0 Å². The summed E-state index contributed by atoms with van der Waals surface area (Å²) < 4.78 is 18.4. The molecule has 94 valence electrons. The molecule has 3 unspecified atom stereocenters. The molecule has 1 N–H and O–H groups in total. The van der Waals surface area contributed by atoms with Crippen LogP contribution in [0.5, 0.6) is 0 Å². The molecule has 0 saturated carbocycles. The van der Waals surface area contributed by atoms with Crippen LogP contribution in [0.1, 0.15) is 18.9 Å². The van der Waals surface area contributed by atoms with E-state index in [1.807, 2.05) is 0 Å². The van der Waals surface area contributed by atoms with Gasteiger partial charge in [0, 0.05) is 18.1 Å². The summed E-state index contributed by atoms with van der Waals surface area (Å²) in [5.41, 5.74) is 0.753. The third-order valence-electron chi connectivity index (χ3n) is 3.27. The maximum atomic E-state index is 12.9. The lowest BCUT2D eigenvalue weighted by atomic mass is 9.95. The molecule has 4 heteroatoms. The molecule has 0 amide bonds. The summed E-state index contributed by atoms with van der Waals surface area (Å²) in [5, 5.41) is 10.4. The van der Waals surface area contributed by atoms with Crippen LogP contribution in [0.4, 0.5) is 4.39 Å². The lowest BCUT2D eigenvalue weighted by Gasteiger charge is -2.21. The zero-order valence-corrected chi connectivity index (χ0v) is 10.5. The smallest absolute Gasteiger partial charge is 0.124 e. The number of benzene rings is 1. The third-order valence-corrected chi connectivity index (χ3v) is 3.62. The second-order valence-electron chi connectivity index (χ2n) is 4.61. The van der Waals surface area contributed by atoms with Gasteiger partial charge in [-0.1, -0.05) is 24.6 Å². The van der Waals surface area contributed by atoms with Gasteiger partial charge in [-0.25, -0.2) is 4.39 Å². The van der Waals surface area contributed by atoms with Gasteiger partial charge in [-0.2, -0.15) is 0 Å². The van der Waals surface area contributed by atoms with E-state index in [-0.39, 0.29) is 11.9 Å². The van der Waals surface area contributed by atoms with Crippen LogP contribution in [0.15, 0.2) is 18.2 Å². The van der Waals surface area contributed by atoms with Crippen molar-refractivity contribution in [3.8, 4) is 0 Å². The number of ether oxygens (including phenoxy) is 1. The molecule has 1 aromatic carbocycles. The zero-order chi connectivity index (χ0) is 12.4. The number of hydrogen-bond acceptors (Lipinski definition) is 2. The van der Waals surface area contributed by atoms with E-state index in [1.54, 1.807) is 6.07 Å².